The summed E-state index contributed by atoms with van der Waals surface area (Å²) in [5, 5.41) is 3.38. The highest BCUT2D eigenvalue weighted by Crippen LogP contribution is 2.38. The lowest BCUT2D eigenvalue weighted by Gasteiger charge is -2.27. The van der Waals surface area contributed by atoms with Crippen LogP contribution < -0.4 is 14.8 Å². The number of para-hydroxylation sites is 1. The zero-order valence-electron chi connectivity index (χ0n) is 14.9. The third kappa shape index (κ3) is 3.65. The molecule has 0 aromatic heterocycles. The predicted molar refractivity (Wildman–Crippen MR) is 101 cm³/mol. The summed E-state index contributed by atoms with van der Waals surface area (Å²) in [5.74, 6) is 2.00. The lowest BCUT2D eigenvalue weighted by Crippen LogP contribution is -2.44. The van der Waals surface area contributed by atoms with E-state index in [9.17, 15) is 0 Å². The predicted octanol–water partition coefficient (Wildman–Crippen LogP) is 2.88. The number of piperazine rings is 1. The molecular formula is C21H26N2O2. The molecule has 2 aromatic carbocycles. The first-order chi connectivity index (χ1) is 12.3. The van der Waals surface area contributed by atoms with Gasteiger partial charge in [0.25, 0.3) is 0 Å². The maximum absolute atomic E-state index is 5.98. The summed E-state index contributed by atoms with van der Waals surface area (Å²) in [6, 6.07) is 12.8. The van der Waals surface area contributed by atoms with E-state index < -0.39 is 0 Å². The molecule has 1 N–H and O–H groups in total. The summed E-state index contributed by atoms with van der Waals surface area (Å²) in [4.78, 5) is 2.45. The van der Waals surface area contributed by atoms with Crippen molar-refractivity contribution in [2.45, 2.75) is 13.3 Å². The van der Waals surface area contributed by atoms with E-state index in [-0.39, 0.29) is 0 Å². The van der Waals surface area contributed by atoms with Gasteiger partial charge < -0.3 is 14.8 Å². The van der Waals surface area contributed by atoms with Gasteiger partial charge >= 0.3 is 0 Å². The first-order valence-corrected chi connectivity index (χ1v) is 9.23. The van der Waals surface area contributed by atoms with Crippen molar-refractivity contribution in [3.8, 4) is 22.6 Å². The first-order valence-electron chi connectivity index (χ1n) is 9.23. The van der Waals surface area contributed by atoms with Crippen LogP contribution in [0.25, 0.3) is 11.1 Å². The maximum Gasteiger partial charge on any atom is 0.130 e. The Morgan fingerprint density at radius 2 is 2.00 bits per heavy atom. The molecule has 0 spiro atoms. The van der Waals surface area contributed by atoms with Crippen molar-refractivity contribution in [1.29, 1.82) is 0 Å². The van der Waals surface area contributed by atoms with Gasteiger partial charge in [0.2, 0.25) is 0 Å². The summed E-state index contributed by atoms with van der Waals surface area (Å²) in [5.41, 5.74) is 4.96. The molecule has 0 radical (unpaired) electrons. The smallest absolute Gasteiger partial charge is 0.130 e. The Kier molecular flexibility index (Phi) is 4.90. The number of nitrogens with one attached hydrogen (secondary N) is 1. The Bertz CT molecular complexity index is 739. The van der Waals surface area contributed by atoms with Crippen molar-refractivity contribution in [3.05, 3.63) is 47.5 Å². The minimum Gasteiger partial charge on any atom is -0.492 e. The molecule has 25 heavy (non-hydrogen) atoms. The molecule has 4 heteroatoms. The fourth-order valence-corrected chi connectivity index (χ4v) is 3.68. The van der Waals surface area contributed by atoms with Gasteiger partial charge in [-0.15, -0.1) is 0 Å². The summed E-state index contributed by atoms with van der Waals surface area (Å²) >= 11 is 0. The van der Waals surface area contributed by atoms with Gasteiger partial charge in [0.15, 0.2) is 0 Å². The van der Waals surface area contributed by atoms with Crippen LogP contribution in [0.15, 0.2) is 36.4 Å². The van der Waals surface area contributed by atoms with E-state index in [1.54, 1.807) is 0 Å². The monoisotopic (exact) mass is 338 g/mol. The van der Waals surface area contributed by atoms with E-state index in [1.165, 1.54) is 22.3 Å². The second-order valence-corrected chi connectivity index (χ2v) is 6.81. The van der Waals surface area contributed by atoms with Crippen molar-refractivity contribution in [2.75, 3.05) is 45.9 Å². The highest BCUT2D eigenvalue weighted by Gasteiger charge is 2.18. The molecule has 0 unspecified atom stereocenters. The topological polar surface area (TPSA) is 33.7 Å². The minimum atomic E-state index is 0.739. The molecule has 2 aromatic rings. The van der Waals surface area contributed by atoms with Gasteiger partial charge in [-0.1, -0.05) is 24.3 Å². The van der Waals surface area contributed by atoms with Crippen LogP contribution in [0.5, 0.6) is 11.5 Å². The Morgan fingerprint density at radius 3 is 2.84 bits per heavy atom. The van der Waals surface area contributed by atoms with E-state index in [2.05, 4.69) is 53.5 Å². The molecule has 0 aliphatic carbocycles. The van der Waals surface area contributed by atoms with E-state index >= 15 is 0 Å². The Labute approximate surface area is 149 Å². The van der Waals surface area contributed by atoms with Gasteiger partial charge in [-0.05, 0) is 35.7 Å². The number of aryl methyl sites for hydroxylation is 1. The van der Waals surface area contributed by atoms with Gasteiger partial charge in [0.1, 0.15) is 18.1 Å². The Hall–Kier alpha value is -2.04. The van der Waals surface area contributed by atoms with Gasteiger partial charge in [-0.3, -0.25) is 4.90 Å². The van der Waals surface area contributed by atoms with Crippen LogP contribution in [0.3, 0.4) is 0 Å². The van der Waals surface area contributed by atoms with Crippen molar-refractivity contribution in [3.63, 3.8) is 0 Å². The number of rotatable bonds is 5. The number of ether oxygens (including phenoxy) is 2. The van der Waals surface area contributed by atoms with Crippen LogP contribution >= 0.6 is 0 Å². The number of hydrogen-bond acceptors (Lipinski definition) is 4. The van der Waals surface area contributed by atoms with Gasteiger partial charge in [0.05, 0.1) is 6.61 Å². The maximum atomic E-state index is 5.98. The molecule has 132 valence electrons. The lowest BCUT2D eigenvalue weighted by atomic mass is 9.97. The van der Waals surface area contributed by atoms with E-state index in [1.807, 2.05) is 0 Å². The zero-order valence-corrected chi connectivity index (χ0v) is 14.9. The largest absolute Gasteiger partial charge is 0.492 e. The second-order valence-electron chi connectivity index (χ2n) is 6.81. The summed E-state index contributed by atoms with van der Waals surface area (Å²) in [6.07, 6.45) is 1.01. The van der Waals surface area contributed by atoms with Crippen LogP contribution in [0, 0.1) is 6.92 Å². The average Bonchev–Trinajstić information content (AvgIpc) is 3.12. The van der Waals surface area contributed by atoms with Crippen LogP contribution in [0.2, 0.25) is 0 Å². The fourth-order valence-electron chi connectivity index (χ4n) is 3.68. The van der Waals surface area contributed by atoms with Crippen molar-refractivity contribution in [2.24, 2.45) is 0 Å². The average molecular weight is 338 g/mol. The quantitative estimate of drug-likeness (QED) is 0.909. The van der Waals surface area contributed by atoms with E-state index in [0.29, 0.717) is 0 Å². The minimum absolute atomic E-state index is 0.739. The molecule has 2 aliphatic rings. The number of nitrogens with zero attached hydrogens (tertiary/aromatic N) is 1. The SMILES string of the molecule is Cc1cc(OCCN2CCNCC2)ccc1-c1cccc2c1OCC2. The number of hydrogen-bond donors (Lipinski definition) is 1. The first kappa shape index (κ1) is 16.4. The van der Waals surface area contributed by atoms with Crippen LogP contribution in [-0.4, -0.2) is 50.8 Å². The third-order valence-corrected chi connectivity index (χ3v) is 5.09. The van der Waals surface area contributed by atoms with Gasteiger partial charge in [-0.25, -0.2) is 0 Å². The summed E-state index contributed by atoms with van der Waals surface area (Å²) in [7, 11) is 0. The van der Waals surface area contributed by atoms with Crippen LogP contribution in [0.4, 0.5) is 0 Å². The van der Waals surface area contributed by atoms with Crippen molar-refractivity contribution >= 4 is 0 Å². The van der Waals surface area contributed by atoms with Crippen LogP contribution in [0.1, 0.15) is 11.1 Å². The Morgan fingerprint density at radius 1 is 1.12 bits per heavy atom. The van der Waals surface area contributed by atoms with Crippen LogP contribution in [-0.2, 0) is 6.42 Å². The number of fused-ring (bicyclic) bond motifs is 1. The molecule has 1 saturated heterocycles. The van der Waals surface area contributed by atoms with Gasteiger partial charge in [0, 0.05) is 44.7 Å². The molecule has 1 fully saturated rings. The lowest BCUT2D eigenvalue weighted by molar-refractivity contribution is 0.191. The molecule has 0 atom stereocenters. The van der Waals surface area contributed by atoms with Crippen molar-refractivity contribution in [1.82, 2.24) is 10.2 Å². The molecular weight excluding hydrogens is 312 g/mol. The summed E-state index contributed by atoms with van der Waals surface area (Å²) in [6.45, 7) is 9.05. The highest BCUT2D eigenvalue weighted by atomic mass is 16.5. The molecule has 2 aliphatic heterocycles. The molecule has 0 saturated carbocycles. The molecule has 0 amide bonds. The van der Waals surface area contributed by atoms with Crippen molar-refractivity contribution < 1.29 is 9.47 Å². The standard InChI is InChI=1S/C21H26N2O2/c1-16-15-18(24-14-12-23-10-8-22-9-11-23)5-6-19(16)20-4-2-3-17-7-13-25-21(17)20/h2-6,15,22H,7-14H2,1H3. The number of benzene rings is 2. The highest BCUT2D eigenvalue weighted by molar-refractivity contribution is 5.75. The van der Waals surface area contributed by atoms with E-state index in [0.717, 1.165) is 63.9 Å². The Balaban J connectivity index is 1.43. The van der Waals surface area contributed by atoms with Gasteiger partial charge in [-0.2, -0.15) is 0 Å². The second kappa shape index (κ2) is 7.46. The zero-order chi connectivity index (χ0) is 17.1. The molecule has 4 rings (SSSR count). The van der Waals surface area contributed by atoms with E-state index in [4.69, 9.17) is 9.47 Å². The molecule has 0 bridgehead atoms. The third-order valence-electron chi connectivity index (χ3n) is 5.09. The molecule has 2 heterocycles. The summed E-state index contributed by atoms with van der Waals surface area (Å²) < 4.78 is 11.8. The molecule has 4 nitrogen and oxygen atoms in total. The fraction of sp³-hybridized carbons (Fsp3) is 0.429. The normalized spacial score (nSPS) is 17.2.